The number of hydrogen-bond donors (Lipinski definition) is 2. The molecule has 2 N–H and O–H groups in total. The van der Waals surface area contributed by atoms with Crippen LogP contribution in [0.2, 0.25) is 0 Å². The molecule has 1 atom stereocenters. The van der Waals surface area contributed by atoms with Gasteiger partial charge in [-0.25, -0.2) is 0 Å². The minimum atomic E-state index is -0.255. The lowest BCUT2D eigenvalue weighted by Gasteiger charge is -2.20. The zero-order chi connectivity index (χ0) is 28.6. The molecule has 1 aromatic carbocycles. The van der Waals surface area contributed by atoms with Crippen molar-refractivity contribution < 1.29 is 19.1 Å². The Bertz CT molecular complexity index is 1530. The van der Waals surface area contributed by atoms with Crippen LogP contribution in [0.1, 0.15) is 51.4 Å². The van der Waals surface area contributed by atoms with Gasteiger partial charge in [0.2, 0.25) is 5.91 Å². The predicted octanol–water partition coefficient (Wildman–Crippen LogP) is 4.52. The Morgan fingerprint density at radius 3 is 2.58 bits per heavy atom. The van der Waals surface area contributed by atoms with Crippen LogP contribution >= 0.6 is 0 Å². The molecule has 1 saturated heterocycles. The Hall–Kier alpha value is -4.60. The Labute approximate surface area is 233 Å². The Kier molecular flexibility index (Phi) is 7.34. The van der Waals surface area contributed by atoms with E-state index in [1.807, 2.05) is 54.9 Å². The van der Waals surface area contributed by atoms with Crippen molar-refractivity contribution in [3.8, 4) is 5.75 Å². The second-order valence-corrected chi connectivity index (χ2v) is 10.5. The highest BCUT2D eigenvalue weighted by Gasteiger charge is 2.33. The fourth-order valence-electron chi connectivity index (χ4n) is 5.05. The van der Waals surface area contributed by atoms with Crippen molar-refractivity contribution in [3.63, 3.8) is 0 Å². The summed E-state index contributed by atoms with van der Waals surface area (Å²) >= 11 is 0. The summed E-state index contributed by atoms with van der Waals surface area (Å²) in [4.78, 5) is 44.7. The molecule has 1 fully saturated rings. The molecule has 10 nitrogen and oxygen atoms in total. The summed E-state index contributed by atoms with van der Waals surface area (Å²) < 4.78 is 9.57. The van der Waals surface area contributed by atoms with Crippen LogP contribution in [0, 0.1) is 13.8 Å². The number of aliphatic imine (C=N–C) groups is 1. The normalized spacial score (nSPS) is 16.0. The van der Waals surface area contributed by atoms with Crippen molar-refractivity contribution in [2.24, 2.45) is 19.1 Å². The van der Waals surface area contributed by atoms with E-state index in [1.54, 1.807) is 29.9 Å². The minimum absolute atomic E-state index is 0.0424. The maximum absolute atomic E-state index is 13.1. The number of anilines is 2. The average Bonchev–Trinajstić information content (AvgIpc) is 3.54. The molecule has 0 saturated carbocycles. The smallest absolute Gasteiger partial charge is 0.272 e. The number of hydrogen-bond acceptors (Lipinski definition) is 5. The van der Waals surface area contributed by atoms with Gasteiger partial charge in [-0.1, -0.05) is 12.2 Å². The number of nitrogens with one attached hydrogen (secondary N) is 2. The number of benzene rings is 1. The third kappa shape index (κ3) is 5.56. The summed E-state index contributed by atoms with van der Waals surface area (Å²) in [6.45, 7) is 8.76. The third-order valence-corrected chi connectivity index (χ3v) is 7.30. The zero-order valence-corrected chi connectivity index (χ0v) is 23.3. The zero-order valence-electron chi connectivity index (χ0n) is 23.3. The molecule has 0 radical (unpaired) electrons. The summed E-state index contributed by atoms with van der Waals surface area (Å²) in [5, 5.41) is 5.74. The van der Waals surface area contributed by atoms with E-state index >= 15 is 0 Å². The lowest BCUT2D eigenvalue weighted by Crippen LogP contribution is -2.35. The molecular formula is C30H34N6O4. The maximum Gasteiger partial charge on any atom is 0.272 e. The number of rotatable bonds is 8. The average molecular weight is 543 g/mol. The lowest BCUT2D eigenvalue weighted by molar-refractivity contribution is -0.116. The molecule has 10 heteroatoms. The van der Waals surface area contributed by atoms with Crippen LogP contribution in [0.4, 0.5) is 17.1 Å². The van der Waals surface area contributed by atoms with Crippen LogP contribution in [0.5, 0.6) is 5.75 Å². The summed E-state index contributed by atoms with van der Waals surface area (Å²) in [5.41, 5.74) is 5.76. The van der Waals surface area contributed by atoms with Gasteiger partial charge in [-0.15, -0.1) is 0 Å². The summed E-state index contributed by atoms with van der Waals surface area (Å²) in [7, 11) is 3.67. The Morgan fingerprint density at radius 1 is 1.07 bits per heavy atom. The largest absolute Gasteiger partial charge is 0.493 e. The van der Waals surface area contributed by atoms with Crippen LogP contribution in [0.15, 0.2) is 53.8 Å². The molecule has 5 rings (SSSR count). The van der Waals surface area contributed by atoms with Gasteiger partial charge in [0.1, 0.15) is 11.4 Å². The first kappa shape index (κ1) is 27.0. The molecule has 0 aliphatic carbocycles. The molecule has 0 spiro atoms. The molecule has 2 aliphatic rings. The quantitative estimate of drug-likeness (QED) is 0.322. The Balaban J connectivity index is 1.13. The molecule has 2 aromatic heterocycles. The number of ether oxygens (including phenoxy) is 1. The van der Waals surface area contributed by atoms with Gasteiger partial charge >= 0.3 is 0 Å². The SMILES string of the molecule is C=C1C[C@H]2C=Nc3cc(OCCCC(=O)Nc4cc(C(=O)Nc5cc(C)n(C)c5)n(C)c4)c(C)cc3C(=O)N2C1. The standard InChI is InChI=1S/C30H34N6O4/c1-18-9-23-14-31-25-13-27(19(2)10-24(25)30(39)36(23)15-18)40-8-6-7-28(37)32-22-12-26(35(5)17-22)29(38)33-21-11-20(3)34(4)16-21/h10-14,16-17,23H,1,6-9,15H2,2-5H3,(H,32,37)(H,33,38)/t23-/m0/s1. The first-order valence-electron chi connectivity index (χ1n) is 13.3. The van der Waals surface area contributed by atoms with Gasteiger partial charge in [0.25, 0.3) is 11.8 Å². The van der Waals surface area contributed by atoms with E-state index in [0.29, 0.717) is 53.6 Å². The minimum Gasteiger partial charge on any atom is -0.493 e. The van der Waals surface area contributed by atoms with Crippen molar-refractivity contribution in [1.29, 1.82) is 0 Å². The van der Waals surface area contributed by atoms with E-state index in [9.17, 15) is 14.4 Å². The van der Waals surface area contributed by atoms with Crippen LogP contribution in [0.3, 0.4) is 0 Å². The third-order valence-electron chi connectivity index (χ3n) is 7.30. The van der Waals surface area contributed by atoms with E-state index in [4.69, 9.17) is 4.74 Å². The monoisotopic (exact) mass is 542 g/mol. The van der Waals surface area contributed by atoms with E-state index in [-0.39, 0.29) is 30.2 Å². The molecular weight excluding hydrogens is 508 g/mol. The second-order valence-electron chi connectivity index (χ2n) is 10.5. The van der Waals surface area contributed by atoms with Crippen LogP contribution in [-0.2, 0) is 18.9 Å². The maximum atomic E-state index is 13.1. The van der Waals surface area contributed by atoms with Gasteiger partial charge in [0.05, 0.1) is 35.3 Å². The topological polar surface area (TPSA) is 110 Å². The van der Waals surface area contributed by atoms with Gasteiger partial charge in [0.15, 0.2) is 0 Å². The van der Waals surface area contributed by atoms with Gasteiger partial charge in [-0.3, -0.25) is 19.4 Å². The first-order valence-corrected chi connectivity index (χ1v) is 13.3. The molecule has 0 unspecified atom stereocenters. The number of aryl methyl sites for hydroxylation is 4. The number of nitrogens with zero attached hydrogens (tertiary/aromatic N) is 4. The molecule has 2 aliphatic heterocycles. The van der Waals surface area contributed by atoms with Crippen molar-refractivity contribution in [2.75, 3.05) is 23.8 Å². The molecule has 3 aromatic rings. The van der Waals surface area contributed by atoms with Crippen LogP contribution < -0.4 is 15.4 Å². The molecule has 3 amide bonds. The van der Waals surface area contributed by atoms with E-state index < -0.39 is 0 Å². The van der Waals surface area contributed by atoms with E-state index in [0.717, 1.165) is 23.3 Å². The number of amides is 3. The molecule has 40 heavy (non-hydrogen) atoms. The lowest BCUT2D eigenvalue weighted by atomic mass is 10.1. The highest BCUT2D eigenvalue weighted by Crippen LogP contribution is 2.34. The summed E-state index contributed by atoms with van der Waals surface area (Å²) in [6, 6.07) is 7.11. The Morgan fingerprint density at radius 2 is 1.82 bits per heavy atom. The van der Waals surface area contributed by atoms with Gasteiger partial charge in [-0.2, -0.15) is 0 Å². The van der Waals surface area contributed by atoms with Crippen molar-refractivity contribution >= 4 is 41.0 Å². The number of carbonyl (C=O) groups excluding carboxylic acids is 3. The second kappa shape index (κ2) is 10.9. The van der Waals surface area contributed by atoms with E-state index in [2.05, 4.69) is 22.2 Å². The molecule has 4 heterocycles. The molecule has 208 valence electrons. The first-order chi connectivity index (χ1) is 19.1. The van der Waals surface area contributed by atoms with Gasteiger partial charge in [0, 0.05) is 57.4 Å². The number of carbonyl (C=O) groups is 3. The van der Waals surface area contributed by atoms with Crippen LogP contribution in [0.25, 0.3) is 0 Å². The highest BCUT2D eigenvalue weighted by atomic mass is 16.5. The molecule has 0 bridgehead atoms. The number of aromatic nitrogens is 2. The van der Waals surface area contributed by atoms with Crippen LogP contribution in [-0.4, -0.2) is 57.2 Å². The summed E-state index contributed by atoms with van der Waals surface area (Å²) in [5.74, 6) is 0.174. The number of fused-ring (bicyclic) bond motifs is 2. The van der Waals surface area contributed by atoms with Crippen molar-refractivity contribution in [2.45, 2.75) is 39.2 Å². The van der Waals surface area contributed by atoms with Crippen molar-refractivity contribution in [1.82, 2.24) is 14.0 Å². The van der Waals surface area contributed by atoms with Gasteiger partial charge < -0.3 is 29.4 Å². The fourth-order valence-corrected chi connectivity index (χ4v) is 5.05. The summed E-state index contributed by atoms with van der Waals surface area (Å²) in [6.07, 6.45) is 6.85. The van der Waals surface area contributed by atoms with E-state index in [1.165, 1.54) is 0 Å². The van der Waals surface area contributed by atoms with Gasteiger partial charge in [-0.05, 0) is 50.5 Å². The van der Waals surface area contributed by atoms with Crippen molar-refractivity contribution in [3.05, 3.63) is 71.3 Å². The predicted molar refractivity (Wildman–Crippen MR) is 155 cm³/mol. The highest BCUT2D eigenvalue weighted by molar-refractivity contribution is 6.05. The fraction of sp³-hybridized carbons (Fsp3) is 0.333.